The lowest BCUT2D eigenvalue weighted by Gasteiger charge is -2.21. The topological polar surface area (TPSA) is 71.8 Å². The maximum Gasteiger partial charge on any atom is 0.354 e. The van der Waals surface area contributed by atoms with Crippen LogP contribution in [0.1, 0.15) is 52.0 Å². The van der Waals surface area contributed by atoms with Crippen LogP contribution in [0.15, 0.2) is 66.9 Å². The lowest BCUT2D eigenvalue weighted by Crippen LogP contribution is -2.22. The van der Waals surface area contributed by atoms with Gasteiger partial charge < -0.3 is 23.5 Å². The Balaban J connectivity index is 0.00000195. The molecule has 4 rings (SSSR count). The minimum absolute atomic E-state index is 0.264. The Labute approximate surface area is 225 Å². The van der Waals surface area contributed by atoms with Gasteiger partial charge in [-0.25, -0.2) is 4.79 Å². The van der Waals surface area contributed by atoms with Crippen LogP contribution >= 0.6 is 0 Å². The minimum atomic E-state index is -0.413. The second-order valence-electron chi connectivity index (χ2n) is 9.26. The van der Waals surface area contributed by atoms with Crippen LogP contribution in [0.5, 0.6) is 17.2 Å². The van der Waals surface area contributed by atoms with Crippen molar-refractivity contribution in [2.75, 3.05) is 20.3 Å². The molecule has 4 aromatic rings. The van der Waals surface area contributed by atoms with Crippen molar-refractivity contribution in [1.29, 1.82) is 0 Å². The van der Waals surface area contributed by atoms with Gasteiger partial charge in [0.1, 0.15) is 35.2 Å². The zero-order valence-electron chi connectivity index (χ0n) is 23.4. The summed E-state index contributed by atoms with van der Waals surface area (Å²) in [5.74, 6) is 1.87. The number of rotatable bonds is 9. The fraction of sp³-hybridized carbons (Fsp3) is 0.355. The molecule has 0 amide bonds. The van der Waals surface area contributed by atoms with Gasteiger partial charge in [0.05, 0.1) is 31.5 Å². The summed E-state index contributed by atoms with van der Waals surface area (Å²) in [6, 6.07) is 19.0. The highest BCUT2D eigenvalue weighted by Gasteiger charge is 2.19. The molecule has 0 N–H and O–H groups in total. The lowest BCUT2D eigenvalue weighted by atomic mass is 10.1. The average molecular weight is 519 g/mol. The molecular formula is C31H38N2O5. The first-order chi connectivity index (χ1) is 18.3. The van der Waals surface area contributed by atoms with Crippen molar-refractivity contribution >= 4 is 16.9 Å². The van der Waals surface area contributed by atoms with Crippen LogP contribution in [-0.4, -0.2) is 41.4 Å². The number of ether oxygens (including phenoxy) is 4. The summed E-state index contributed by atoms with van der Waals surface area (Å²) in [7, 11) is 1.38. The van der Waals surface area contributed by atoms with E-state index in [1.807, 2.05) is 107 Å². The second-order valence-corrected chi connectivity index (χ2v) is 9.26. The van der Waals surface area contributed by atoms with Gasteiger partial charge in [-0.1, -0.05) is 26.0 Å². The Kier molecular flexibility index (Phi) is 9.77. The number of benzene rings is 2. The smallest absolute Gasteiger partial charge is 0.354 e. The molecule has 0 spiro atoms. The monoisotopic (exact) mass is 518 g/mol. The predicted octanol–water partition coefficient (Wildman–Crippen LogP) is 7.17. The van der Waals surface area contributed by atoms with Crippen LogP contribution in [0.4, 0.5) is 0 Å². The number of esters is 1. The molecule has 0 atom stereocenters. The molecule has 0 unspecified atom stereocenters. The number of aromatic nitrogens is 2. The predicted molar refractivity (Wildman–Crippen MR) is 151 cm³/mol. The highest BCUT2D eigenvalue weighted by Crippen LogP contribution is 2.31. The van der Waals surface area contributed by atoms with E-state index in [2.05, 4.69) is 4.98 Å². The first-order valence-electron chi connectivity index (χ1n) is 13.0. The van der Waals surface area contributed by atoms with E-state index in [1.165, 1.54) is 7.11 Å². The first kappa shape index (κ1) is 28.6. The molecule has 38 heavy (non-hydrogen) atoms. The number of hydrogen-bond acceptors (Lipinski definition) is 6. The van der Waals surface area contributed by atoms with Gasteiger partial charge >= 0.3 is 5.97 Å². The summed E-state index contributed by atoms with van der Waals surface area (Å²) in [5.41, 5.74) is 2.74. The Morgan fingerprint density at radius 1 is 0.921 bits per heavy atom. The Morgan fingerprint density at radius 3 is 2.29 bits per heavy atom. The first-order valence-corrected chi connectivity index (χ1v) is 13.0. The quantitative estimate of drug-likeness (QED) is 0.219. The van der Waals surface area contributed by atoms with Crippen LogP contribution in [-0.2, 0) is 11.3 Å². The molecule has 0 bridgehead atoms. The van der Waals surface area contributed by atoms with E-state index >= 15 is 0 Å². The number of nitrogens with zero attached hydrogens (tertiary/aromatic N) is 2. The third-order valence-electron chi connectivity index (χ3n) is 5.47. The average Bonchev–Trinajstić information content (AvgIpc) is 3.28. The van der Waals surface area contributed by atoms with Crippen molar-refractivity contribution in [3.05, 3.63) is 72.6 Å². The molecule has 2 aromatic heterocycles. The lowest BCUT2D eigenvalue weighted by molar-refractivity contribution is 0.0588. The number of carbonyl (C=O) groups is 1. The Hall–Kier alpha value is -4.00. The van der Waals surface area contributed by atoms with Gasteiger partial charge in [0.2, 0.25) is 0 Å². The van der Waals surface area contributed by atoms with Crippen LogP contribution in [0.2, 0.25) is 0 Å². The van der Waals surface area contributed by atoms with E-state index in [0.29, 0.717) is 25.5 Å². The van der Waals surface area contributed by atoms with Crippen LogP contribution in [0.3, 0.4) is 0 Å². The molecule has 0 aliphatic rings. The fourth-order valence-electron chi connectivity index (χ4n) is 4.04. The molecule has 2 aromatic carbocycles. The summed E-state index contributed by atoms with van der Waals surface area (Å²) in [6.45, 7) is 13.4. The minimum Gasteiger partial charge on any atom is -0.494 e. The van der Waals surface area contributed by atoms with Gasteiger partial charge in [0.25, 0.3) is 0 Å². The normalized spacial score (nSPS) is 10.9. The third kappa shape index (κ3) is 7.06. The largest absolute Gasteiger partial charge is 0.494 e. The molecule has 0 radical (unpaired) electrons. The highest BCUT2D eigenvalue weighted by atomic mass is 16.5. The van der Waals surface area contributed by atoms with Gasteiger partial charge in [-0.05, 0) is 76.2 Å². The fourth-order valence-corrected chi connectivity index (χ4v) is 4.04. The maximum absolute atomic E-state index is 12.6. The van der Waals surface area contributed by atoms with E-state index in [1.54, 1.807) is 6.20 Å². The molecule has 7 nitrogen and oxygen atoms in total. The van der Waals surface area contributed by atoms with Gasteiger partial charge in [-0.2, -0.15) is 0 Å². The van der Waals surface area contributed by atoms with Gasteiger partial charge in [-0.3, -0.25) is 4.98 Å². The summed E-state index contributed by atoms with van der Waals surface area (Å²) in [5, 5.41) is 0.857. The number of hydrogen-bond donors (Lipinski definition) is 0. The molecule has 0 aliphatic carbocycles. The highest BCUT2D eigenvalue weighted by molar-refractivity contribution is 6.00. The zero-order valence-corrected chi connectivity index (χ0v) is 23.4. The molecule has 202 valence electrons. The summed E-state index contributed by atoms with van der Waals surface area (Å²) < 4.78 is 24.5. The number of carbonyl (C=O) groups excluding carboxylic acids is 1. The molecule has 7 heteroatoms. The summed E-state index contributed by atoms with van der Waals surface area (Å²) in [4.78, 5) is 17.3. The molecule has 0 fully saturated rings. The maximum atomic E-state index is 12.6. The van der Waals surface area contributed by atoms with Crippen molar-refractivity contribution in [1.82, 2.24) is 9.55 Å². The third-order valence-corrected chi connectivity index (χ3v) is 5.47. The van der Waals surface area contributed by atoms with Crippen LogP contribution < -0.4 is 14.2 Å². The van der Waals surface area contributed by atoms with Crippen LogP contribution in [0.25, 0.3) is 22.2 Å². The Bertz CT molecular complexity index is 1340. The second kappa shape index (κ2) is 13.0. The van der Waals surface area contributed by atoms with Crippen molar-refractivity contribution < 1.29 is 23.7 Å². The van der Waals surface area contributed by atoms with E-state index in [9.17, 15) is 4.79 Å². The van der Waals surface area contributed by atoms with Gasteiger partial charge in [0, 0.05) is 17.1 Å². The summed E-state index contributed by atoms with van der Waals surface area (Å²) in [6.07, 6.45) is 1.75. The van der Waals surface area contributed by atoms with Crippen molar-refractivity contribution in [2.24, 2.45) is 0 Å². The SMILES string of the molecule is CC.CCOc1cccc(-c2nccc3c2cc(C(=O)OC)n3CCOc2ccc(OC(C)(C)C)cc2)c1. The zero-order chi connectivity index (χ0) is 27.7. The number of pyridine rings is 1. The van der Waals surface area contributed by atoms with Crippen LogP contribution in [0, 0.1) is 0 Å². The van der Waals surface area contributed by atoms with Crippen molar-refractivity contribution in [3.8, 4) is 28.5 Å². The molecule has 0 saturated heterocycles. The molecule has 0 saturated carbocycles. The van der Waals surface area contributed by atoms with E-state index < -0.39 is 5.97 Å². The summed E-state index contributed by atoms with van der Waals surface area (Å²) >= 11 is 0. The molecular weight excluding hydrogens is 480 g/mol. The number of fused-ring (bicyclic) bond motifs is 1. The van der Waals surface area contributed by atoms with Crippen molar-refractivity contribution in [3.63, 3.8) is 0 Å². The van der Waals surface area contributed by atoms with E-state index in [-0.39, 0.29) is 5.60 Å². The van der Waals surface area contributed by atoms with E-state index in [4.69, 9.17) is 18.9 Å². The molecule has 2 heterocycles. The Morgan fingerprint density at radius 2 is 1.63 bits per heavy atom. The standard InChI is InChI=1S/C29H32N2O5.C2H6/c1-6-34-23-9-7-8-20(18-23)27-24-19-26(28(32)33-5)31(25(24)14-15-30-27)16-17-35-21-10-12-22(13-11-21)36-29(2,3)4;1-2/h7-15,18-19H,6,16-17H2,1-5H3;1-2H3. The van der Waals surface area contributed by atoms with E-state index in [0.717, 1.165) is 39.4 Å². The van der Waals surface area contributed by atoms with Gasteiger partial charge in [-0.15, -0.1) is 0 Å². The number of methoxy groups -OCH3 is 1. The van der Waals surface area contributed by atoms with Crippen molar-refractivity contribution in [2.45, 2.75) is 53.7 Å². The molecule has 0 aliphatic heterocycles. The van der Waals surface area contributed by atoms with Gasteiger partial charge in [0.15, 0.2) is 0 Å².